The molecule has 1 aromatic rings. The van der Waals surface area contributed by atoms with Gasteiger partial charge in [-0.15, -0.1) is 0 Å². The molecule has 1 aliphatic rings. The van der Waals surface area contributed by atoms with Crippen LogP contribution in [0.2, 0.25) is 0 Å². The minimum atomic E-state index is -0.979. The second-order valence-electron chi connectivity index (χ2n) is 4.73. The number of benzene rings is 1. The number of hydrogen-bond acceptors (Lipinski definition) is 3. The lowest BCUT2D eigenvalue weighted by atomic mass is 10.0. The fraction of sp³-hybridized carbons (Fsp3) is 0.429. The van der Waals surface area contributed by atoms with Gasteiger partial charge >= 0.3 is 5.97 Å². The number of aromatic carboxylic acids is 1. The van der Waals surface area contributed by atoms with Gasteiger partial charge in [0.15, 0.2) is 0 Å². The third-order valence-corrected chi connectivity index (χ3v) is 3.62. The molecule has 1 heterocycles. The van der Waals surface area contributed by atoms with E-state index in [1.807, 2.05) is 6.92 Å². The Labute approximate surface area is 112 Å². The molecule has 0 bridgehead atoms. The third-order valence-electron chi connectivity index (χ3n) is 3.62. The largest absolute Gasteiger partial charge is 0.478 e. The standard InChI is InChI=1S/C14H18N2O3/c1-2-9(8-15)13(17)16-6-5-10-3-4-11(14(18)19)7-12(10)16/h3-4,7,9H,2,5-6,8,15H2,1H3,(H,18,19). The minimum absolute atomic E-state index is 0.00807. The fourth-order valence-electron chi connectivity index (χ4n) is 2.40. The van der Waals surface area contributed by atoms with Crippen LogP contribution in [0, 0.1) is 5.92 Å². The van der Waals surface area contributed by atoms with Gasteiger partial charge in [0.25, 0.3) is 0 Å². The van der Waals surface area contributed by atoms with E-state index >= 15 is 0 Å². The van der Waals surface area contributed by atoms with E-state index in [-0.39, 0.29) is 17.4 Å². The fourth-order valence-corrected chi connectivity index (χ4v) is 2.40. The minimum Gasteiger partial charge on any atom is -0.478 e. The molecule has 0 radical (unpaired) electrons. The van der Waals surface area contributed by atoms with Crippen LogP contribution < -0.4 is 10.6 Å². The van der Waals surface area contributed by atoms with E-state index in [4.69, 9.17) is 10.8 Å². The summed E-state index contributed by atoms with van der Waals surface area (Å²) < 4.78 is 0. The number of carbonyl (C=O) groups is 2. The molecule has 2 rings (SSSR count). The summed E-state index contributed by atoms with van der Waals surface area (Å²) in [4.78, 5) is 25.0. The monoisotopic (exact) mass is 262 g/mol. The van der Waals surface area contributed by atoms with Gasteiger partial charge in [0.05, 0.1) is 11.5 Å². The van der Waals surface area contributed by atoms with Gasteiger partial charge in [-0.2, -0.15) is 0 Å². The molecule has 0 spiro atoms. The first kappa shape index (κ1) is 13.5. The Hall–Kier alpha value is -1.88. The average molecular weight is 262 g/mol. The molecule has 0 aliphatic carbocycles. The van der Waals surface area contributed by atoms with Gasteiger partial charge in [-0.05, 0) is 30.5 Å². The molecule has 5 heteroatoms. The Morgan fingerprint density at radius 3 is 2.79 bits per heavy atom. The normalized spacial score (nSPS) is 15.2. The van der Waals surface area contributed by atoms with Gasteiger partial charge in [0.2, 0.25) is 5.91 Å². The van der Waals surface area contributed by atoms with Crippen molar-refractivity contribution >= 4 is 17.6 Å². The van der Waals surface area contributed by atoms with Crippen molar-refractivity contribution < 1.29 is 14.7 Å². The Bertz CT molecular complexity index is 509. The van der Waals surface area contributed by atoms with Gasteiger partial charge < -0.3 is 15.7 Å². The summed E-state index contributed by atoms with van der Waals surface area (Å²) in [5.41, 5.74) is 7.55. The van der Waals surface area contributed by atoms with Crippen molar-refractivity contribution in [2.75, 3.05) is 18.0 Å². The molecule has 1 atom stereocenters. The number of carboxylic acids is 1. The highest BCUT2D eigenvalue weighted by molar-refractivity contribution is 5.99. The van der Waals surface area contributed by atoms with Crippen molar-refractivity contribution in [3.05, 3.63) is 29.3 Å². The quantitative estimate of drug-likeness (QED) is 0.855. The van der Waals surface area contributed by atoms with E-state index in [0.29, 0.717) is 19.5 Å². The molecule has 19 heavy (non-hydrogen) atoms. The Morgan fingerprint density at radius 2 is 2.21 bits per heavy atom. The average Bonchev–Trinajstić information content (AvgIpc) is 2.82. The Balaban J connectivity index is 2.32. The number of rotatable bonds is 4. The molecule has 1 unspecified atom stereocenters. The second kappa shape index (κ2) is 5.40. The van der Waals surface area contributed by atoms with E-state index in [9.17, 15) is 9.59 Å². The van der Waals surface area contributed by atoms with E-state index in [1.54, 1.807) is 23.1 Å². The van der Waals surface area contributed by atoms with Crippen LogP contribution in [-0.4, -0.2) is 30.1 Å². The van der Waals surface area contributed by atoms with E-state index in [2.05, 4.69) is 0 Å². The molecule has 1 aromatic carbocycles. The van der Waals surface area contributed by atoms with Gasteiger partial charge in [-0.1, -0.05) is 13.0 Å². The highest BCUT2D eigenvalue weighted by atomic mass is 16.4. The van der Waals surface area contributed by atoms with Crippen molar-refractivity contribution in [3.8, 4) is 0 Å². The zero-order valence-electron chi connectivity index (χ0n) is 10.9. The van der Waals surface area contributed by atoms with Crippen LogP contribution in [0.25, 0.3) is 0 Å². The predicted octanol–water partition coefficient (Wildman–Crippen LogP) is 1.26. The Kier molecular flexibility index (Phi) is 3.85. The van der Waals surface area contributed by atoms with E-state index < -0.39 is 5.97 Å². The summed E-state index contributed by atoms with van der Waals surface area (Å²) in [6.07, 6.45) is 1.46. The molecule has 0 saturated heterocycles. The number of amides is 1. The van der Waals surface area contributed by atoms with Crippen LogP contribution in [-0.2, 0) is 11.2 Å². The number of nitrogens with zero attached hydrogens (tertiary/aromatic N) is 1. The maximum atomic E-state index is 12.3. The van der Waals surface area contributed by atoms with Gasteiger partial charge in [0, 0.05) is 18.8 Å². The highest BCUT2D eigenvalue weighted by Crippen LogP contribution is 2.30. The van der Waals surface area contributed by atoms with Crippen LogP contribution >= 0.6 is 0 Å². The maximum absolute atomic E-state index is 12.3. The van der Waals surface area contributed by atoms with Crippen molar-refractivity contribution in [3.63, 3.8) is 0 Å². The van der Waals surface area contributed by atoms with Crippen molar-refractivity contribution in [1.29, 1.82) is 0 Å². The summed E-state index contributed by atoms with van der Waals surface area (Å²) >= 11 is 0. The smallest absolute Gasteiger partial charge is 0.335 e. The number of carboxylic acid groups (broad SMARTS) is 1. The zero-order valence-corrected chi connectivity index (χ0v) is 10.9. The SMILES string of the molecule is CCC(CN)C(=O)N1CCc2ccc(C(=O)O)cc21. The molecule has 1 aliphatic heterocycles. The molecule has 1 amide bonds. The highest BCUT2D eigenvalue weighted by Gasteiger charge is 2.29. The van der Waals surface area contributed by atoms with Crippen LogP contribution in [0.15, 0.2) is 18.2 Å². The van der Waals surface area contributed by atoms with Gasteiger partial charge in [-0.25, -0.2) is 4.79 Å². The predicted molar refractivity (Wildman–Crippen MR) is 72.3 cm³/mol. The molecule has 0 saturated carbocycles. The molecule has 5 nitrogen and oxygen atoms in total. The third kappa shape index (κ3) is 2.46. The summed E-state index contributed by atoms with van der Waals surface area (Å²) in [5, 5.41) is 9.02. The molecule has 102 valence electrons. The summed E-state index contributed by atoms with van der Waals surface area (Å²) in [7, 11) is 0. The van der Waals surface area contributed by atoms with E-state index in [1.165, 1.54) is 0 Å². The van der Waals surface area contributed by atoms with Crippen molar-refractivity contribution in [2.45, 2.75) is 19.8 Å². The number of nitrogens with two attached hydrogens (primary N) is 1. The summed E-state index contributed by atoms with van der Waals surface area (Å²) in [6, 6.07) is 4.94. The number of fused-ring (bicyclic) bond motifs is 1. The maximum Gasteiger partial charge on any atom is 0.335 e. The first-order chi connectivity index (χ1) is 9.08. The summed E-state index contributed by atoms with van der Waals surface area (Å²) in [6.45, 7) is 2.85. The lowest BCUT2D eigenvalue weighted by Crippen LogP contribution is -2.38. The zero-order chi connectivity index (χ0) is 14.0. The number of anilines is 1. The lowest BCUT2D eigenvalue weighted by molar-refractivity contribution is -0.122. The molecule has 0 aromatic heterocycles. The number of hydrogen-bond donors (Lipinski definition) is 2. The topological polar surface area (TPSA) is 83.6 Å². The molecule has 3 N–H and O–H groups in total. The van der Waals surface area contributed by atoms with Crippen LogP contribution in [0.4, 0.5) is 5.69 Å². The molecular formula is C14H18N2O3. The number of carbonyl (C=O) groups excluding carboxylic acids is 1. The van der Waals surface area contributed by atoms with Crippen LogP contribution in [0.5, 0.6) is 0 Å². The van der Waals surface area contributed by atoms with Crippen molar-refractivity contribution in [2.24, 2.45) is 11.7 Å². The molecular weight excluding hydrogens is 244 g/mol. The second-order valence-corrected chi connectivity index (χ2v) is 4.73. The van der Waals surface area contributed by atoms with E-state index in [0.717, 1.165) is 17.7 Å². The first-order valence-electron chi connectivity index (χ1n) is 6.46. The first-order valence-corrected chi connectivity index (χ1v) is 6.46. The van der Waals surface area contributed by atoms with Crippen molar-refractivity contribution in [1.82, 2.24) is 0 Å². The van der Waals surface area contributed by atoms with Crippen LogP contribution in [0.3, 0.4) is 0 Å². The van der Waals surface area contributed by atoms with Gasteiger partial charge in [0.1, 0.15) is 0 Å². The lowest BCUT2D eigenvalue weighted by Gasteiger charge is -2.22. The van der Waals surface area contributed by atoms with Gasteiger partial charge in [-0.3, -0.25) is 4.79 Å². The summed E-state index contributed by atoms with van der Waals surface area (Å²) in [5.74, 6) is -1.18. The van der Waals surface area contributed by atoms with Crippen LogP contribution in [0.1, 0.15) is 29.3 Å². The molecule has 0 fully saturated rings. The Morgan fingerprint density at radius 1 is 1.47 bits per heavy atom.